The van der Waals surface area contributed by atoms with Crippen LogP contribution in [0.15, 0.2) is 48.2 Å². The topological polar surface area (TPSA) is 136 Å². The molecule has 1 atom stereocenters. The summed E-state index contributed by atoms with van der Waals surface area (Å²) in [5.41, 5.74) is -0.378. The van der Waals surface area contributed by atoms with Gasteiger partial charge in [0, 0.05) is 56.9 Å². The van der Waals surface area contributed by atoms with Crippen molar-refractivity contribution in [1.82, 2.24) is 39.3 Å². The predicted octanol–water partition coefficient (Wildman–Crippen LogP) is 3.36. The zero-order valence-corrected chi connectivity index (χ0v) is 25.2. The molecule has 45 heavy (non-hydrogen) atoms. The van der Waals surface area contributed by atoms with Crippen molar-refractivity contribution in [1.29, 1.82) is 5.26 Å². The highest BCUT2D eigenvalue weighted by atomic mass is 35.5. The molecule has 0 saturated carbocycles. The molecule has 17 heteroatoms. The molecule has 0 radical (unpaired) electrons. The fourth-order valence-corrected chi connectivity index (χ4v) is 6.33. The number of nitrogens with zero attached hydrogens (tertiary/aromatic N) is 8. The van der Waals surface area contributed by atoms with Gasteiger partial charge in [-0.2, -0.15) is 23.5 Å². The molecule has 2 amide bonds. The Morgan fingerprint density at radius 3 is 2.58 bits per heavy atom. The lowest BCUT2D eigenvalue weighted by Gasteiger charge is -2.38. The van der Waals surface area contributed by atoms with Crippen LogP contribution in [0, 0.1) is 11.3 Å². The van der Waals surface area contributed by atoms with E-state index in [0.29, 0.717) is 31.9 Å². The van der Waals surface area contributed by atoms with Gasteiger partial charge in [-0.1, -0.05) is 23.2 Å². The third-order valence-corrected chi connectivity index (χ3v) is 8.65. The van der Waals surface area contributed by atoms with Crippen LogP contribution in [0.5, 0.6) is 0 Å². The zero-order valence-electron chi connectivity index (χ0n) is 23.7. The highest BCUT2D eigenvalue weighted by Gasteiger charge is 2.41. The van der Waals surface area contributed by atoms with Gasteiger partial charge in [0.1, 0.15) is 6.54 Å². The van der Waals surface area contributed by atoms with E-state index < -0.39 is 16.2 Å². The van der Waals surface area contributed by atoms with Crippen LogP contribution in [-0.4, -0.2) is 88.9 Å². The van der Waals surface area contributed by atoms with Crippen molar-refractivity contribution >= 4 is 46.5 Å². The standard InChI is InChI=1S/C28H27Cl2F3N10O2/c29-27(30)14-17(3-4-19(27)25(44)40-10-12-41(13-11-40)26(45)20-2-1-6-35-20)38-23-24-37-15-21(43(24)9-7-36-23)18-16-42(8-5-34)39-22(18)28(31,32)33/h3-4,7,9,15-16,20,35H,1-2,6,8,10-14H2,(H,36,38)/t20-/m1/s1. The summed E-state index contributed by atoms with van der Waals surface area (Å²) in [6.07, 6.45) is 5.47. The number of alkyl halides is 5. The van der Waals surface area contributed by atoms with E-state index in [1.165, 1.54) is 29.1 Å². The molecule has 3 aromatic rings. The Morgan fingerprint density at radius 1 is 1.16 bits per heavy atom. The van der Waals surface area contributed by atoms with E-state index in [-0.39, 0.29) is 59.1 Å². The maximum atomic E-state index is 13.8. The molecule has 236 valence electrons. The average Bonchev–Trinajstić information content (AvgIpc) is 3.77. The molecule has 1 aliphatic carbocycles. The van der Waals surface area contributed by atoms with E-state index in [1.807, 2.05) is 0 Å². The van der Waals surface area contributed by atoms with Gasteiger partial charge in [0.15, 0.2) is 21.5 Å². The summed E-state index contributed by atoms with van der Waals surface area (Å²) in [6.45, 7) is 2.02. The van der Waals surface area contributed by atoms with Gasteiger partial charge in [0.25, 0.3) is 5.91 Å². The Kier molecular flexibility index (Phi) is 8.23. The number of amides is 2. The van der Waals surface area contributed by atoms with Crippen molar-refractivity contribution in [2.45, 2.75) is 42.4 Å². The summed E-state index contributed by atoms with van der Waals surface area (Å²) in [5, 5.41) is 18.8. The lowest BCUT2D eigenvalue weighted by atomic mass is 9.99. The summed E-state index contributed by atoms with van der Waals surface area (Å²) in [5.74, 6) is -0.0444. The minimum absolute atomic E-state index is 0.00887. The van der Waals surface area contributed by atoms with E-state index in [1.54, 1.807) is 21.9 Å². The Hall–Kier alpha value is -4.13. The molecule has 0 spiro atoms. The van der Waals surface area contributed by atoms with Crippen molar-refractivity contribution in [3.8, 4) is 17.3 Å². The lowest BCUT2D eigenvalue weighted by Crippen LogP contribution is -2.55. The van der Waals surface area contributed by atoms with Crippen LogP contribution in [0.1, 0.15) is 25.0 Å². The van der Waals surface area contributed by atoms with Gasteiger partial charge in [-0.3, -0.25) is 18.7 Å². The van der Waals surface area contributed by atoms with E-state index in [2.05, 4.69) is 25.7 Å². The first kappa shape index (κ1) is 30.9. The number of piperazine rings is 1. The largest absolute Gasteiger partial charge is 0.435 e. The van der Waals surface area contributed by atoms with Crippen molar-refractivity contribution in [2.24, 2.45) is 0 Å². The Balaban J connectivity index is 1.19. The second-order valence-electron chi connectivity index (χ2n) is 10.9. The molecule has 3 aliphatic rings. The van der Waals surface area contributed by atoms with Crippen LogP contribution in [0.4, 0.5) is 19.0 Å². The number of halogens is 5. The van der Waals surface area contributed by atoms with Crippen LogP contribution in [0.3, 0.4) is 0 Å². The number of nitriles is 1. The van der Waals surface area contributed by atoms with Crippen LogP contribution >= 0.6 is 23.2 Å². The minimum Gasteiger partial charge on any atom is -0.341 e. The van der Waals surface area contributed by atoms with Gasteiger partial charge in [0.05, 0.1) is 35.1 Å². The molecule has 0 aromatic carbocycles. The van der Waals surface area contributed by atoms with Crippen molar-refractivity contribution < 1.29 is 22.8 Å². The Labute approximate surface area is 265 Å². The van der Waals surface area contributed by atoms with Crippen LogP contribution in [0.2, 0.25) is 0 Å². The van der Waals surface area contributed by atoms with Gasteiger partial charge in [-0.25, -0.2) is 9.97 Å². The number of allylic oxidation sites excluding steroid dienone is 3. The van der Waals surface area contributed by atoms with E-state index >= 15 is 0 Å². The Morgan fingerprint density at radius 2 is 1.91 bits per heavy atom. The zero-order chi connectivity index (χ0) is 31.9. The first-order chi connectivity index (χ1) is 21.5. The second-order valence-corrected chi connectivity index (χ2v) is 12.4. The van der Waals surface area contributed by atoms with Gasteiger partial charge in [-0.15, -0.1) is 0 Å². The van der Waals surface area contributed by atoms with Crippen molar-refractivity contribution in [2.75, 3.05) is 38.0 Å². The van der Waals surface area contributed by atoms with Gasteiger partial charge in [0.2, 0.25) is 5.91 Å². The fraction of sp³-hybridized carbons (Fsp3) is 0.429. The number of hydrogen-bond donors (Lipinski definition) is 2. The monoisotopic (exact) mass is 662 g/mol. The van der Waals surface area contributed by atoms with E-state index in [4.69, 9.17) is 28.5 Å². The number of aromatic nitrogens is 5. The molecule has 6 rings (SSSR count). The molecule has 5 heterocycles. The molecule has 2 N–H and O–H groups in total. The molecular formula is C28H27Cl2F3N10O2. The molecule has 0 unspecified atom stereocenters. The summed E-state index contributed by atoms with van der Waals surface area (Å²) < 4.78 is 42.1. The SMILES string of the molecule is N#CCn1cc(-c2cnc3c(NC4=CC=C(C(=O)N5CCN(C(=O)[C@H]6CCCN6)CC5)C(Cl)(Cl)C4)nccn23)c(C(F)(F)F)n1. The summed E-state index contributed by atoms with van der Waals surface area (Å²) >= 11 is 13.4. The van der Waals surface area contributed by atoms with Crippen molar-refractivity contribution in [3.05, 3.63) is 53.9 Å². The number of carbonyl (C=O) groups is 2. The van der Waals surface area contributed by atoms with Gasteiger partial charge >= 0.3 is 6.18 Å². The highest BCUT2D eigenvalue weighted by Crippen LogP contribution is 2.41. The second kappa shape index (κ2) is 12.0. The van der Waals surface area contributed by atoms with Crippen LogP contribution < -0.4 is 10.6 Å². The van der Waals surface area contributed by atoms with E-state index in [0.717, 1.165) is 30.3 Å². The predicted molar refractivity (Wildman–Crippen MR) is 158 cm³/mol. The van der Waals surface area contributed by atoms with Crippen LogP contribution in [0.25, 0.3) is 16.9 Å². The Bertz CT molecular complexity index is 1740. The number of hydrogen-bond acceptors (Lipinski definition) is 8. The van der Waals surface area contributed by atoms with Crippen molar-refractivity contribution in [3.63, 3.8) is 0 Å². The molecule has 0 bridgehead atoms. The van der Waals surface area contributed by atoms with Crippen LogP contribution in [-0.2, 0) is 22.3 Å². The normalized spacial score (nSPS) is 20.1. The van der Waals surface area contributed by atoms with Gasteiger partial charge < -0.3 is 20.4 Å². The third-order valence-electron chi connectivity index (χ3n) is 7.97. The average molecular weight is 663 g/mol. The summed E-state index contributed by atoms with van der Waals surface area (Å²) in [7, 11) is 0. The highest BCUT2D eigenvalue weighted by molar-refractivity contribution is 6.52. The maximum absolute atomic E-state index is 13.8. The summed E-state index contributed by atoms with van der Waals surface area (Å²) in [6, 6.07) is 1.62. The molecule has 2 saturated heterocycles. The first-order valence-electron chi connectivity index (χ1n) is 14.2. The minimum atomic E-state index is -4.76. The number of rotatable bonds is 6. The number of nitrogens with one attached hydrogen (secondary N) is 2. The van der Waals surface area contributed by atoms with E-state index in [9.17, 15) is 22.8 Å². The fourth-order valence-electron chi connectivity index (χ4n) is 5.76. The number of fused-ring (bicyclic) bond motifs is 1. The molecule has 2 aliphatic heterocycles. The number of carbonyl (C=O) groups excluding carboxylic acids is 2. The summed E-state index contributed by atoms with van der Waals surface area (Å²) in [4.78, 5) is 38.1. The molecular weight excluding hydrogens is 636 g/mol. The third kappa shape index (κ3) is 6.09. The smallest absolute Gasteiger partial charge is 0.341 e. The number of imidazole rings is 1. The van der Waals surface area contributed by atoms with Gasteiger partial charge in [-0.05, 0) is 31.5 Å². The first-order valence-corrected chi connectivity index (χ1v) is 14.9. The molecule has 12 nitrogen and oxygen atoms in total. The number of anilines is 1. The lowest BCUT2D eigenvalue weighted by molar-refractivity contribution is -0.141. The quantitative estimate of drug-likeness (QED) is 0.384. The molecule has 2 fully saturated rings. The maximum Gasteiger partial charge on any atom is 0.435 e. The molecule has 3 aromatic heterocycles.